The van der Waals surface area contributed by atoms with E-state index in [2.05, 4.69) is 4.98 Å². The zero-order valence-corrected chi connectivity index (χ0v) is 12.0. The Bertz CT molecular complexity index is 502. The summed E-state index contributed by atoms with van der Waals surface area (Å²) < 4.78 is 4.90. The van der Waals surface area contributed by atoms with Crippen molar-refractivity contribution in [2.24, 2.45) is 0 Å². The van der Waals surface area contributed by atoms with E-state index >= 15 is 0 Å². The van der Waals surface area contributed by atoms with Crippen LogP contribution in [0.3, 0.4) is 0 Å². The molecule has 0 aliphatic carbocycles. The van der Waals surface area contributed by atoms with Gasteiger partial charge in [0, 0.05) is 12.6 Å². The van der Waals surface area contributed by atoms with Crippen molar-refractivity contribution in [3.05, 3.63) is 29.6 Å². The smallest absolute Gasteiger partial charge is 0.356 e. The van der Waals surface area contributed by atoms with Crippen molar-refractivity contribution < 1.29 is 14.3 Å². The lowest BCUT2D eigenvalue weighted by atomic mass is 10.0. The number of nitrogens with zero attached hydrogens (tertiary/aromatic N) is 2. The Morgan fingerprint density at radius 2 is 2.10 bits per heavy atom. The number of hydrogen-bond acceptors (Lipinski definition) is 4. The van der Waals surface area contributed by atoms with E-state index in [1.807, 2.05) is 11.8 Å². The van der Waals surface area contributed by atoms with Gasteiger partial charge in [-0.15, -0.1) is 0 Å². The first kappa shape index (κ1) is 14.5. The summed E-state index contributed by atoms with van der Waals surface area (Å²) in [5.41, 5.74) is 0.492. The van der Waals surface area contributed by atoms with Crippen molar-refractivity contribution >= 4 is 11.9 Å². The van der Waals surface area contributed by atoms with Gasteiger partial charge in [-0.25, -0.2) is 9.78 Å². The first-order chi connectivity index (χ1) is 9.63. The zero-order valence-electron chi connectivity index (χ0n) is 12.0. The SMILES string of the molecule is CCOC(=O)c1cccc(C(=O)N2CCCCC2C)n1. The fourth-order valence-electron chi connectivity index (χ4n) is 2.42. The van der Waals surface area contributed by atoms with E-state index in [4.69, 9.17) is 4.74 Å². The van der Waals surface area contributed by atoms with Crippen molar-refractivity contribution in [3.63, 3.8) is 0 Å². The number of likely N-dealkylation sites (tertiary alicyclic amines) is 1. The molecule has 1 aliphatic heterocycles. The van der Waals surface area contributed by atoms with Crippen LogP contribution in [0.15, 0.2) is 18.2 Å². The molecule has 0 N–H and O–H groups in total. The van der Waals surface area contributed by atoms with E-state index in [-0.39, 0.29) is 17.6 Å². The Hall–Kier alpha value is -1.91. The first-order valence-electron chi connectivity index (χ1n) is 7.08. The van der Waals surface area contributed by atoms with Crippen molar-refractivity contribution in [1.29, 1.82) is 0 Å². The largest absolute Gasteiger partial charge is 0.461 e. The molecule has 1 unspecified atom stereocenters. The molecular weight excluding hydrogens is 256 g/mol. The lowest BCUT2D eigenvalue weighted by Gasteiger charge is -2.33. The predicted octanol–water partition coefficient (Wildman–Crippen LogP) is 2.27. The maximum Gasteiger partial charge on any atom is 0.356 e. The molecule has 2 rings (SSSR count). The van der Waals surface area contributed by atoms with Gasteiger partial charge in [0.25, 0.3) is 5.91 Å². The minimum atomic E-state index is -0.492. The molecule has 108 valence electrons. The molecular formula is C15H20N2O3. The molecule has 1 amide bonds. The molecule has 1 fully saturated rings. The molecule has 0 spiro atoms. The van der Waals surface area contributed by atoms with E-state index < -0.39 is 5.97 Å². The van der Waals surface area contributed by atoms with Gasteiger partial charge in [0.15, 0.2) is 0 Å². The second-order valence-corrected chi connectivity index (χ2v) is 4.97. The van der Waals surface area contributed by atoms with Gasteiger partial charge in [0.05, 0.1) is 6.61 Å². The van der Waals surface area contributed by atoms with E-state index in [0.717, 1.165) is 25.8 Å². The topological polar surface area (TPSA) is 59.5 Å². The highest BCUT2D eigenvalue weighted by Gasteiger charge is 2.25. The first-order valence-corrected chi connectivity index (χ1v) is 7.08. The number of aromatic nitrogens is 1. The van der Waals surface area contributed by atoms with E-state index in [1.54, 1.807) is 25.1 Å². The van der Waals surface area contributed by atoms with Crippen molar-refractivity contribution in [1.82, 2.24) is 9.88 Å². The van der Waals surface area contributed by atoms with Crippen LogP contribution >= 0.6 is 0 Å². The number of carbonyl (C=O) groups excluding carboxylic acids is 2. The minimum Gasteiger partial charge on any atom is -0.461 e. The minimum absolute atomic E-state index is 0.108. The average Bonchev–Trinajstić information content (AvgIpc) is 2.47. The van der Waals surface area contributed by atoms with Gasteiger partial charge in [0.2, 0.25) is 0 Å². The van der Waals surface area contributed by atoms with Gasteiger partial charge in [-0.2, -0.15) is 0 Å². The highest BCUT2D eigenvalue weighted by molar-refractivity contribution is 5.94. The quantitative estimate of drug-likeness (QED) is 0.795. The van der Waals surface area contributed by atoms with Gasteiger partial charge >= 0.3 is 5.97 Å². The third-order valence-corrected chi connectivity index (χ3v) is 3.52. The van der Waals surface area contributed by atoms with Crippen molar-refractivity contribution in [3.8, 4) is 0 Å². The average molecular weight is 276 g/mol. The lowest BCUT2D eigenvalue weighted by molar-refractivity contribution is 0.0519. The maximum absolute atomic E-state index is 12.5. The van der Waals surface area contributed by atoms with Gasteiger partial charge in [0.1, 0.15) is 11.4 Å². The van der Waals surface area contributed by atoms with Crippen LogP contribution in [-0.4, -0.2) is 41.0 Å². The Labute approximate surface area is 118 Å². The lowest BCUT2D eigenvalue weighted by Crippen LogP contribution is -2.42. The van der Waals surface area contributed by atoms with Crippen LogP contribution in [-0.2, 0) is 4.74 Å². The standard InChI is InChI=1S/C15H20N2O3/c1-3-20-15(19)13-9-6-8-12(16-13)14(18)17-10-5-4-7-11(17)2/h6,8-9,11H,3-5,7,10H2,1-2H3. The van der Waals surface area contributed by atoms with Crippen LogP contribution in [0.4, 0.5) is 0 Å². The van der Waals surface area contributed by atoms with Crippen LogP contribution in [0.5, 0.6) is 0 Å². The van der Waals surface area contributed by atoms with Crippen molar-refractivity contribution in [2.45, 2.75) is 39.2 Å². The Morgan fingerprint density at radius 3 is 2.80 bits per heavy atom. The Balaban J connectivity index is 2.17. The Morgan fingerprint density at radius 1 is 1.35 bits per heavy atom. The molecule has 20 heavy (non-hydrogen) atoms. The molecule has 1 aromatic rings. The van der Waals surface area contributed by atoms with Gasteiger partial charge in [-0.1, -0.05) is 6.07 Å². The molecule has 0 saturated carbocycles. The monoisotopic (exact) mass is 276 g/mol. The summed E-state index contributed by atoms with van der Waals surface area (Å²) in [4.78, 5) is 30.1. The van der Waals surface area contributed by atoms with Gasteiger partial charge in [-0.05, 0) is 45.2 Å². The highest BCUT2D eigenvalue weighted by atomic mass is 16.5. The second-order valence-electron chi connectivity index (χ2n) is 4.97. The van der Waals surface area contributed by atoms with Crippen LogP contribution < -0.4 is 0 Å². The molecule has 0 aromatic carbocycles. The summed E-state index contributed by atoms with van der Waals surface area (Å²) in [6.45, 7) is 4.84. The molecule has 1 aromatic heterocycles. The molecule has 0 radical (unpaired) electrons. The fraction of sp³-hybridized carbons (Fsp3) is 0.533. The molecule has 0 bridgehead atoms. The number of carbonyl (C=O) groups is 2. The maximum atomic E-state index is 12.5. The van der Waals surface area contributed by atoms with Crippen LogP contribution in [0.25, 0.3) is 0 Å². The molecule has 1 saturated heterocycles. The van der Waals surface area contributed by atoms with E-state index in [9.17, 15) is 9.59 Å². The van der Waals surface area contributed by atoms with Crippen LogP contribution in [0, 0.1) is 0 Å². The van der Waals surface area contributed by atoms with E-state index in [0.29, 0.717) is 12.3 Å². The summed E-state index contributed by atoms with van der Waals surface area (Å²) in [5, 5.41) is 0. The van der Waals surface area contributed by atoms with Crippen LogP contribution in [0.1, 0.15) is 54.1 Å². The van der Waals surface area contributed by atoms with Gasteiger partial charge in [-0.3, -0.25) is 4.79 Å². The Kier molecular flexibility index (Phi) is 4.71. The summed E-state index contributed by atoms with van der Waals surface area (Å²) >= 11 is 0. The third-order valence-electron chi connectivity index (χ3n) is 3.52. The predicted molar refractivity (Wildman–Crippen MR) is 74.5 cm³/mol. The number of pyridine rings is 1. The number of piperidine rings is 1. The molecule has 5 nitrogen and oxygen atoms in total. The number of rotatable bonds is 3. The third kappa shape index (κ3) is 3.15. The highest BCUT2D eigenvalue weighted by Crippen LogP contribution is 2.18. The number of amides is 1. The molecule has 5 heteroatoms. The summed E-state index contributed by atoms with van der Waals surface area (Å²) in [7, 11) is 0. The molecule has 1 atom stereocenters. The molecule has 2 heterocycles. The normalized spacial score (nSPS) is 18.7. The molecule has 1 aliphatic rings. The van der Waals surface area contributed by atoms with Crippen molar-refractivity contribution in [2.75, 3.05) is 13.2 Å². The van der Waals surface area contributed by atoms with E-state index in [1.165, 1.54) is 0 Å². The number of ether oxygens (including phenoxy) is 1. The summed E-state index contributed by atoms with van der Waals surface area (Å²) in [6, 6.07) is 5.10. The summed E-state index contributed by atoms with van der Waals surface area (Å²) in [6.07, 6.45) is 3.19. The number of esters is 1. The second kappa shape index (κ2) is 6.50. The van der Waals surface area contributed by atoms with Gasteiger partial charge < -0.3 is 9.64 Å². The fourth-order valence-corrected chi connectivity index (χ4v) is 2.42. The summed E-state index contributed by atoms with van der Waals surface area (Å²) in [5.74, 6) is -0.600. The van der Waals surface area contributed by atoms with Crippen LogP contribution in [0.2, 0.25) is 0 Å². The zero-order chi connectivity index (χ0) is 14.5. The number of hydrogen-bond donors (Lipinski definition) is 0.